The molecule has 2 amide bonds. The van der Waals surface area contributed by atoms with Gasteiger partial charge in [0.15, 0.2) is 6.61 Å². The van der Waals surface area contributed by atoms with E-state index in [9.17, 15) is 9.59 Å². The van der Waals surface area contributed by atoms with Gasteiger partial charge in [0.1, 0.15) is 5.75 Å². The van der Waals surface area contributed by atoms with E-state index < -0.39 is 11.8 Å². The fourth-order valence-corrected chi connectivity index (χ4v) is 2.00. The van der Waals surface area contributed by atoms with Gasteiger partial charge in [-0.1, -0.05) is 18.2 Å². The molecule has 23 heavy (non-hydrogen) atoms. The van der Waals surface area contributed by atoms with E-state index in [1.54, 1.807) is 12.1 Å². The van der Waals surface area contributed by atoms with E-state index >= 15 is 0 Å². The van der Waals surface area contributed by atoms with E-state index in [0.29, 0.717) is 11.3 Å². The molecule has 0 aliphatic rings. The van der Waals surface area contributed by atoms with Gasteiger partial charge >= 0.3 is 0 Å². The molecule has 2 N–H and O–H groups in total. The molecular formula is C17H19N3O3. The minimum absolute atomic E-state index is 0.182. The van der Waals surface area contributed by atoms with Gasteiger partial charge in [-0.15, -0.1) is 0 Å². The van der Waals surface area contributed by atoms with Crippen LogP contribution in [-0.2, 0) is 4.79 Å². The van der Waals surface area contributed by atoms with Gasteiger partial charge in [0.25, 0.3) is 11.8 Å². The highest BCUT2D eigenvalue weighted by molar-refractivity contribution is 5.95. The average molecular weight is 313 g/mol. The van der Waals surface area contributed by atoms with Crippen LogP contribution < -0.4 is 15.6 Å². The van der Waals surface area contributed by atoms with Crippen molar-refractivity contribution in [2.45, 2.75) is 20.8 Å². The van der Waals surface area contributed by atoms with Crippen LogP contribution in [0, 0.1) is 20.8 Å². The fraction of sp³-hybridized carbons (Fsp3) is 0.235. The Morgan fingerprint density at radius 2 is 1.74 bits per heavy atom. The molecule has 2 rings (SSSR count). The van der Waals surface area contributed by atoms with Crippen LogP contribution in [0.5, 0.6) is 5.75 Å². The lowest BCUT2D eigenvalue weighted by Crippen LogP contribution is -2.43. The SMILES string of the molecule is Cc1ccc(C(=O)NNC(=O)COc2c(C)cccc2C)cn1. The van der Waals surface area contributed by atoms with E-state index in [4.69, 9.17) is 4.74 Å². The Morgan fingerprint density at radius 3 is 2.35 bits per heavy atom. The normalized spacial score (nSPS) is 10.0. The quantitative estimate of drug-likeness (QED) is 0.844. The molecule has 1 aromatic heterocycles. The largest absolute Gasteiger partial charge is 0.483 e. The number of nitrogens with zero attached hydrogens (tertiary/aromatic N) is 1. The van der Waals surface area contributed by atoms with Crippen molar-refractivity contribution in [2.24, 2.45) is 0 Å². The van der Waals surface area contributed by atoms with E-state index in [1.165, 1.54) is 6.20 Å². The van der Waals surface area contributed by atoms with E-state index in [2.05, 4.69) is 15.8 Å². The lowest BCUT2D eigenvalue weighted by atomic mass is 10.1. The van der Waals surface area contributed by atoms with Crippen molar-refractivity contribution < 1.29 is 14.3 Å². The number of ether oxygens (including phenoxy) is 1. The Bertz CT molecular complexity index is 691. The Kier molecular flexibility index (Phi) is 5.30. The van der Waals surface area contributed by atoms with Crippen LogP contribution in [0.3, 0.4) is 0 Å². The molecule has 0 atom stereocenters. The fourth-order valence-electron chi connectivity index (χ4n) is 2.00. The van der Waals surface area contributed by atoms with Crippen molar-refractivity contribution in [3.8, 4) is 5.75 Å². The van der Waals surface area contributed by atoms with Gasteiger partial charge in [0.2, 0.25) is 0 Å². The van der Waals surface area contributed by atoms with Crippen LogP contribution >= 0.6 is 0 Å². The number of rotatable bonds is 4. The van der Waals surface area contributed by atoms with Crippen LogP contribution in [0.2, 0.25) is 0 Å². The summed E-state index contributed by atoms with van der Waals surface area (Å²) in [6, 6.07) is 9.10. The highest BCUT2D eigenvalue weighted by Crippen LogP contribution is 2.21. The highest BCUT2D eigenvalue weighted by atomic mass is 16.5. The first-order chi connectivity index (χ1) is 11.0. The lowest BCUT2D eigenvalue weighted by molar-refractivity contribution is -0.123. The number of nitrogens with one attached hydrogen (secondary N) is 2. The lowest BCUT2D eigenvalue weighted by Gasteiger charge is -2.12. The Labute approximate surface area is 134 Å². The number of hydrogen-bond acceptors (Lipinski definition) is 4. The number of carbonyl (C=O) groups is 2. The zero-order valence-corrected chi connectivity index (χ0v) is 13.3. The van der Waals surface area contributed by atoms with Crippen molar-refractivity contribution in [3.05, 3.63) is 58.9 Å². The summed E-state index contributed by atoms with van der Waals surface area (Å²) in [6.45, 7) is 5.46. The van der Waals surface area contributed by atoms with Gasteiger partial charge < -0.3 is 4.74 Å². The van der Waals surface area contributed by atoms with Gasteiger partial charge in [-0.2, -0.15) is 0 Å². The van der Waals surface area contributed by atoms with Crippen LogP contribution in [0.15, 0.2) is 36.5 Å². The standard InChI is InChI=1S/C17H19N3O3/c1-11-5-4-6-12(2)16(11)23-10-15(21)19-20-17(22)14-8-7-13(3)18-9-14/h4-9H,10H2,1-3H3,(H,19,21)(H,20,22). The first-order valence-corrected chi connectivity index (χ1v) is 7.18. The minimum atomic E-state index is -0.443. The number of carbonyl (C=O) groups excluding carboxylic acids is 2. The van der Waals surface area contributed by atoms with Crippen molar-refractivity contribution in [2.75, 3.05) is 6.61 Å². The maximum absolute atomic E-state index is 11.8. The molecule has 0 saturated carbocycles. The van der Waals surface area contributed by atoms with Gasteiger partial charge in [-0.25, -0.2) is 0 Å². The van der Waals surface area contributed by atoms with Crippen molar-refractivity contribution in [3.63, 3.8) is 0 Å². The third kappa shape index (κ3) is 4.54. The summed E-state index contributed by atoms with van der Waals surface area (Å²) < 4.78 is 5.51. The summed E-state index contributed by atoms with van der Waals surface area (Å²) in [6.07, 6.45) is 1.45. The highest BCUT2D eigenvalue weighted by Gasteiger charge is 2.09. The van der Waals surface area contributed by atoms with Gasteiger partial charge in [-0.3, -0.25) is 25.4 Å². The Balaban J connectivity index is 1.83. The van der Waals surface area contributed by atoms with Crippen LogP contribution in [0.1, 0.15) is 27.2 Å². The Morgan fingerprint density at radius 1 is 1.04 bits per heavy atom. The molecule has 0 aliphatic heterocycles. The second-order valence-corrected chi connectivity index (χ2v) is 5.20. The topological polar surface area (TPSA) is 80.3 Å². The van der Waals surface area contributed by atoms with Gasteiger partial charge in [-0.05, 0) is 44.0 Å². The number of hydrazine groups is 1. The number of amides is 2. The maximum atomic E-state index is 11.8. The maximum Gasteiger partial charge on any atom is 0.276 e. The molecule has 2 aromatic rings. The first kappa shape index (κ1) is 16.5. The Hall–Kier alpha value is -2.89. The third-order valence-corrected chi connectivity index (χ3v) is 3.25. The van der Waals surface area contributed by atoms with Crippen LogP contribution in [0.4, 0.5) is 0 Å². The molecule has 1 heterocycles. The predicted molar refractivity (Wildman–Crippen MR) is 86.0 cm³/mol. The zero-order chi connectivity index (χ0) is 16.8. The second kappa shape index (κ2) is 7.40. The molecule has 0 fully saturated rings. The zero-order valence-electron chi connectivity index (χ0n) is 13.3. The van der Waals surface area contributed by atoms with E-state index in [1.807, 2.05) is 39.0 Å². The van der Waals surface area contributed by atoms with Gasteiger partial charge in [0.05, 0.1) is 5.56 Å². The summed E-state index contributed by atoms with van der Waals surface area (Å²) in [5.74, 6) is -0.198. The molecule has 6 nitrogen and oxygen atoms in total. The van der Waals surface area contributed by atoms with Crippen LogP contribution in [0.25, 0.3) is 0 Å². The molecule has 0 saturated heterocycles. The van der Waals surface area contributed by atoms with Crippen molar-refractivity contribution in [1.29, 1.82) is 0 Å². The number of para-hydroxylation sites is 1. The monoisotopic (exact) mass is 313 g/mol. The van der Waals surface area contributed by atoms with Crippen LogP contribution in [-0.4, -0.2) is 23.4 Å². The summed E-state index contributed by atoms with van der Waals surface area (Å²) in [5.41, 5.74) is 7.72. The van der Waals surface area contributed by atoms with Crippen molar-refractivity contribution >= 4 is 11.8 Å². The molecule has 0 aliphatic carbocycles. The molecule has 0 spiro atoms. The summed E-state index contributed by atoms with van der Waals surface area (Å²) in [4.78, 5) is 27.6. The third-order valence-electron chi connectivity index (χ3n) is 3.25. The van der Waals surface area contributed by atoms with Crippen molar-refractivity contribution in [1.82, 2.24) is 15.8 Å². The number of pyridine rings is 1. The smallest absolute Gasteiger partial charge is 0.276 e. The van der Waals surface area contributed by atoms with Gasteiger partial charge in [0, 0.05) is 11.9 Å². The molecular weight excluding hydrogens is 294 g/mol. The van der Waals surface area contributed by atoms with E-state index in [-0.39, 0.29) is 6.61 Å². The molecule has 6 heteroatoms. The average Bonchev–Trinajstić information content (AvgIpc) is 2.53. The summed E-state index contributed by atoms with van der Waals surface area (Å²) in [5, 5.41) is 0. The summed E-state index contributed by atoms with van der Waals surface area (Å²) >= 11 is 0. The number of benzene rings is 1. The number of aryl methyl sites for hydroxylation is 3. The number of aromatic nitrogens is 1. The summed E-state index contributed by atoms with van der Waals surface area (Å²) in [7, 11) is 0. The molecule has 1 aromatic carbocycles. The predicted octanol–water partition coefficient (Wildman–Crippen LogP) is 1.85. The molecule has 120 valence electrons. The second-order valence-electron chi connectivity index (χ2n) is 5.20. The number of hydrogen-bond donors (Lipinski definition) is 2. The van der Waals surface area contributed by atoms with E-state index in [0.717, 1.165) is 16.8 Å². The molecule has 0 bridgehead atoms. The molecule has 0 radical (unpaired) electrons. The molecule has 0 unspecified atom stereocenters. The first-order valence-electron chi connectivity index (χ1n) is 7.18. The minimum Gasteiger partial charge on any atom is -0.483 e.